The van der Waals surface area contributed by atoms with E-state index >= 15 is 0 Å². The predicted octanol–water partition coefficient (Wildman–Crippen LogP) is 2.14. The van der Waals surface area contributed by atoms with Gasteiger partial charge in [-0.2, -0.15) is 0 Å². The third-order valence-corrected chi connectivity index (χ3v) is 3.07. The van der Waals surface area contributed by atoms with Crippen LogP contribution in [-0.4, -0.2) is 29.2 Å². The van der Waals surface area contributed by atoms with Crippen LogP contribution in [0, 0.1) is 5.92 Å². The van der Waals surface area contributed by atoms with Crippen LogP contribution < -0.4 is 10.6 Å². The normalized spacial score (nSPS) is 10.6. The lowest BCUT2D eigenvalue weighted by Crippen LogP contribution is -2.24. The first-order valence-electron chi connectivity index (χ1n) is 5.99. The van der Waals surface area contributed by atoms with E-state index in [4.69, 9.17) is 0 Å². The largest absolute Gasteiger partial charge is 0.360 e. The molecule has 0 fully saturated rings. The zero-order valence-corrected chi connectivity index (χ0v) is 11.4. The number of rotatable bonds is 7. The fraction of sp³-hybridized carbons (Fsp3) is 0.727. The molecule has 0 unspecified atom stereocenters. The van der Waals surface area contributed by atoms with Gasteiger partial charge in [0.05, 0.1) is 0 Å². The molecule has 96 valence electrons. The summed E-state index contributed by atoms with van der Waals surface area (Å²) in [5.74, 6) is 0.546. The van der Waals surface area contributed by atoms with Gasteiger partial charge in [0.25, 0.3) is 5.91 Å². The molecule has 0 aliphatic heterocycles. The molecule has 0 aliphatic carbocycles. The number of nitrogens with one attached hydrogen (secondary N) is 2. The maximum Gasteiger partial charge on any atom is 0.282 e. The molecule has 0 radical (unpaired) electrons. The predicted molar refractivity (Wildman–Crippen MR) is 70.5 cm³/mol. The second-order valence-corrected chi connectivity index (χ2v) is 5.21. The van der Waals surface area contributed by atoms with Gasteiger partial charge in [0, 0.05) is 13.1 Å². The molecule has 2 N–H and O–H groups in total. The highest BCUT2D eigenvalue weighted by atomic mass is 32.1. The lowest BCUT2D eigenvalue weighted by Gasteiger charge is -2.04. The topological polar surface area (TPSA) is 66.9 Å². The molecule has 0 saturated heterocycles. The molecule has 5 nitrogen and oxygen atoms in total. The number of hydrogen-bond acceptors (Lipinski definition) is 5. The summed E-state index contributed by atoms with van der Waals surface area (Å²) in [5, 5.41) is 14.7. The highest BCUT2D eigenvalue weighted by Gasteiger charge is 2.11. The highest BCUT2D eigenvalue weighted by molar-refractivity contribution is 7.17. The molecular weight excluding hydrogens is 236 g/mol. The molecule has 0 atom stereocenters. The molecular formula is C11H20N4OS. The first kappa shape index (κ1) is 13.9. The Balaban J connectivity index is 2.31. The smallest absolute Gasteiger partial charge is 0.282 e. The second kappa shape index (κ2) is 7.21. The summed E-state index contributed by atoms with van der Waals surface area (Å²) in [6.45, 7) is 7.81. The summed E-state index contributed by atoms with van der Waals surface area (Å²) >= 11 is 1.28. The maximum atomic E-state index is 11.7. The van der Waals surface area contributed by atoms with Gasteiger partial charge in [-0.25, -0.2) is 0 Å². The third kappa shape index (κ3) is 5.12. The van der Waals surface area contributed by atoms with Crippen LogP contribution >= 0.6 is 11.3 Å². The van der Waals surface area contributed by atoms with E-state index in [1.807, 2.05) is 6.92 Å². The molecule has 17 heavy (non-hydrogen) atoms. The lowest BCUT2D eigenvalue weighted by molar-refractivity contribution is 0.0951. The molecule has 0 aliphatic rings. The van der Waals surface area contributed by atoms with Crippen LogP contribution in [0.15, 0.2) is 0 Å². The van der Waals surface area contributed by atoms with E-state index in [-0.39, 0.29) is 5.91 Å². The van der Waals surface area contributed by atoms with E-state index in [9.17, 15) is 4.79 Å². The van der Waals surface area contributed by atoms with Crippen molar-refractivity contribution in [1.29, 1.82) is 0 Å². The fourth-order valence-electron chi connectivity index (χ4n) is 1.33. The number of carbonyl (C=O) groups excluding carboxylic acids is 1. The van der Waals surface area contributed by atoms with Gasteiger partial charge in [-0.3, -0.25) is 4.79 Å². The van der Waals surface area contributed by atoms with Crippen LogP contribution in [0.5, 0.6) is 0 Å². The van der Waals surface area contributed by atoms with E-state index in [0.717, 1.165) is 19.4 Å². The number of aromatic nitrogens is 2. The van der Waals surface area contributed by atoms with Gasteiger partial charge in [-0.05, 0) is 25.7 Å². The average Bonchev–Trinajstić information content (AvgIpc) is 2.73. The molecule has 1 aromatic heterocycles. The number of anilines is 1. The van der Waals surface area contributed by atoms with Crippen molar-refractivity contribution in [3.8, 4) is 0 Å². The van der Waals surface area contributed by atoms with Crippen LogP contribution in [0.1, 0.15) is 43.4 Å². The van der Waals surface area contributed by atoms with Crippen molar-refractivity contribution in [1.82, 2.24) is 15.5 Å². The van der Waals surface area contributed by atoms with E-state index in [1.54, 1.807) is 0 Å². The van der Waals surface area contributed by atoms with Gasteiger partial charge in [0.2, 0.25) is 10.1 Å². The Labute approximate surface area is 106 Å². The van der Waals surface area contributed by atoms with Crippen molar-refractivity contribution in [3.63, 3.8) is 0 Å². The van der Waals surface area contributed by atoms with Crippen molar-refractivity contribution < 1.29 is 4.79 Å². The molecule has 6 heteroatoms. The number of nitrogens with zero attached hydrogens (tertiary/aromatic N) is 2. The highest BCUT2D eigenvalue weighted by Crippen LogP contribution is 2.14. The van der Waals surface area contributed by atoms with Crippen molar-refractivity contribution >= 4 is 22.4 Å². The standard InChI is InChI=1S/C11H20N4OS/c1-4-12-11-15-14-10(17-11)9(16)13-7-5-6-8(2)3/h8H,4-7H2,1-3H3,(H,12,15)(H,13,16). The summed E-state index contributed by atoms with van der Waals surface area (Å²) in [6, 6.07) is 0. The Kier molecular flexibility index (Phi) is 5.90. The zero-order valence-electron chi connectivity index (χ0n) is 10.6. The Morgan fingerprint density at radius 2 is 2.18 bits per heavy atom. The Morgan fingerprint density at radius 1 is 1.41 bits per heavy atom. The van der Waals surface area contributed by atoms with Crippen LogP contribution in [0.4, 0.5) is 5.13 Å². The van der Waals surface area contributed by atoms with Crippen molar-refractivity contribution in [2.45, 2.75) is 33.6 Å². The Bertz CT molecular complexity index is 351. The Morgan fingerprint density at radius 3 is 2.82 bits per heavy atom. The molecule has 1 aromatic rings. The third-order valence-electron chi connectivity index (χ3n) is 2.19. The summed E-state index contributed by atoms with van der Waals surface area (Å²) in [4.78, 5) is 11.7. The average molecular weight is 256 g/mol. The van der Waals surface area contributed by atoms with Crippen LogP contribution in [0.2, 0.25) is 0 Å². The van der Waals surface area contributed by atoms with E-state index in [1.165, 1.54) is 11.3 Å². The van der Waals surface area contributed by atoms with Gasteiger partial charge in [0.15, 0.2) is 0 Å². The molecule has 0 saturated carbocycles. The minimum atomic E-state index is -0.129. The van der Waals surface area contributed by atoms with Gasteiger partial charge in [0.1, 0.15) is 0 Å². The SMILES string of the molecule is CCNc1nnc(C(=O)NCCCC(C)C)s1. The Hall–Kier alpha value is -1.17. The number of amides is 1. The minimum absolute atomic E-state index is 0.129. The first-order chi connectivity index (χ1) is 8.13. The minimum Gasteiger partial charge on any atom is -0.360 e. The first-order valence-corrected chi connectivity index (χ1v) is 6.80. The van der Waals surface area contributed by atoms with Gasteiger partial charge < -0.3 is 10.6 Å². The summed E-state index contributed by atoms with van der Waals surface area (Å²) in [5.41, 5.74) is 0. The summed E-state index contributed by atoms with van der Waals surface area (Å²) < 4.78 is 0. The van der Waals surface area contributed by atoms with E-state index in [0.29, 0.717) is 22.6 Å². The van der Waals surface area contributed by atoms with Gasteiger partial charge in [-0.1, -0.05) is 25.2 Å². The molecule has 1 rings (SSSR count). The van der Waals surface area contributed by atoms with Crippen LogP contribution in [0.25, 0.3) is 0 Å². The second-order valence-electron chi connectivity index (χ2n) is 4.23. The molecule has 0 spiro atoms. The van der Waals surface area contributed by atoms with E-state index in [2.05, 4.69) is 34.7 Å². The van der Waals surface area contributed by atoms with Crippen LogP contribution in [-0.2, 0) is 0 Å². The number of carbonyl (C=O) groups is 1. The maximum absolute atomic E-state index is 11.7. The van der Waals surface area contributed by atoms with Crippen LogP contribution in [0.3, 0.4) is 0 Å². The zero-order chi connectivity index (χ0) is 12.7. The monoisotopic (exact) mass is 256 g/mol. The van der Waals surface area contributed by atoms with Crippen molar-refractivity contribution in [2.75, 3.05) is 18.4 Å². The molecule has 0 aromatic carbocycles. The summed E-state index contributed by atoms with van der Waals surface area (Å²) in [7, 11) is 0. The fourth-order valence-corrected chi connectivity index (χ4v) is 2.05. The van der Waals surface area contributed by atoms with Gasteiger partial charge >= 0.3 is 0 Å². The van der Waals surface area contributed by atoms with Gasteiger partial charge in [-0.15, -0.1) is 10.2 Å². The quantitative estimate of drug-likeness (QED) is 0.733. The lowest BCUT2D eigenvalue weighted by atomic mass is 10.1. The van der Waals surface area contributed by atoms with Crippen molar-refractivity contribution in [3.05, 3.63) is 5.01 Å². The van der Waals surface area contributed by atoms with E-state index < -0.39 is 0 Å². The molecule has 0 bridgehead atoms. The van der Waals surface area contributed by atoms with Crippen molar-refractivity contribution in [2.24, 2.45) is 5.92 Å². The summed E-state index contributed by atoms with van der Waals surface area (Å²) in [6.07, 6.45) is 2.13. The number of hydrogen-bond donors (Lipinski definition) is 2. The molecule has 1 amide bonds. The molecule has 1 heterocycles.